The fourth-order valence-corrected chi connectivity index (χ4v) is 4.66. The number of hydrogen-bond donors (Lipinski definition) is 2. The van der Waals surface area contributed by atoms with Crippen LogP contribution >= 0.6 is 11.6 Å². The van der Waals surface area contributed by atoms with Crippen molar-refractivity contribution in [2.45, 2.75) is 12.0 Å². The van der Waals surface area contributed by atoms with Crippen LogP contribution in [0.1, 0.15) is 12.0 Å². The molecule has 5 nitrogen and oxygen atoms in total. The molecule has 2 atom stereocenters. The first-order chi connectivity index (χ1) is 14.1. The third-order valence-corrected chi connectivity index (χ3v) is 6.06. The molecule has 5 rings (SSSR count). The van der Waals surface area contributed by atoms with Crippen molar-refractivity contribution < 1.29 is 5.11 Å². The molecule has 2 aromatic carbocycles. The van der Waals surface area contributed by atoms with E-state index in [9.17, 15) is 5.11 Å². The summed E-state index contributed by atoms with van der Waals surface area (Å²) in [7, 11) is 0. The Kier molecular flexibility index (Phi) is 4.21. The minimum atomic E-state index is -0.705. The second-order valence-electron chi connectivity index (χ2n) is 7.51. The van der Waals surface area contributed by atoms with Crippen molar-refractivity contribution in [2.75, 3.05) is 13.1 Å². The summed E-state index contributed by atoms with van der Waals surface area (Å²) < 4.78 is 0. The number of allylic oxidation sites excluding steroid dienone is 2. The van der Waals surface area contributed by atoms with E-state index < -0.39 is 5.54 Å². The molecule has 0 saturated carbocycles. The Morgan fingerprint density at radius 3 is 2.69 bits per heavy atom. The largest absolute Gasteiger partial charge is 0.508 e. The summed E-state index contributed by atoms with van der Waals surface area (Å²) in [5.41, 5.74) is 8.76. The lowest BCUT2D eigenvalue weighted by Gasteiger charge is -2.35. The van der Waals surface area contributed by atoms with Gasteiger partial charge in [-0.2, -0.15) is 0 Å². The zero-order chi connectivity index (χ0) is 20.0. The first-order valence-corrected chi connectivity index (χ1v) is 10.1. The van der Waals surface area contributed by atoms with Crippen molar-refractivity contribution >= 4 is 23.4 Å². The Bertz CT molecular complexity index is 1100. The molecule has 2 aromatic rings. The van der Waals surface area contributed by atoms with Crippen LogP contribution in [0.2, 0.25) is 5.02 Å². The fraction of sp³-hybridized carbons (Fsp3) is 0.217. The Morgan fingerprint density at radius 1 is 1.14 bits per heavy atom. The highest BCUT2D eigenvalue weighted by Gasteiger charge is 2.52. The molecule has 3 N–H and O–H groups in total. The van der Waals surface area contributed by atoms with Crippen molar-refractivity contribution in [2.24, 2.45) is 21.6 Å². The number of aliphatic hydroxyl groups excluding tert-OH is 1. The molecule has 146 valence electrons. The summed E-state index contributed by atoms with van der Waals surface area (Å²) in [6.07, 6.45) is 6.24. The number of aliphatic imine (C=N–C) groups is 2. The molecule has 0 spiro atoms. The number of nitrogens with two attached hydrogens (primary N) is 1. The minimum absolute atomic E-state index is 0.00779. The van der Waals surface area contributed by atoms with Gasteiger partial charge in [-0.1, -0.05) is 48.0 Å². The number of amidine groups is 1. The Labute approximate surface area is 174 Å². The zero-order valence-electron chi connectivity index (χ0n) is 15.8. The molecular formula is C23H21ClN4O. The average Bonchev–Trinajstić information content (AvgIpc) is 3.32. The summed E-state index contributed by atoms with van der Waals surface area (Å²) in [4.78, 5) is 11.8. The van der Waals surface area contributed by atoms with Gasteiger partial charge in [0, 0.05) is 17.5 Å². The van der Waals surface area contributed by atoms with Crippen LogP contribution in [0.25, 0.3) is 11.1 Å². The first-order valence-electron chi connectivity index (χ1n) is 9.69. The summed E-state index contributed by atoms with van der Waals surface area (Å²) in [6.45, 7) is 1.46. The third kappa shape index (κ3) is 2.85. The standard InChI is InChI=1S/C23H21ClN4O/c24-19-6-2-4-16(14-19)15-3-1-5-18(13-15)23(17-7-9-20(29)10-8-17)21-26-11-12-28(21)22(25)27-23/h1-7,9-10,13-14,17,29H,8,11-12H2,(H2,25,27). The van der Waals surface area contributed by atoms with Crippen LogP contribution in [0.3, 0.4) is 0 Å². The second kappa shape index (κ2) is 6.78. The van der Waals surface area contributed by atoms with E-state index in [-0.39, 0.29) is 11.7 Å². The summed E-state index contributed by atoms with van der Waals surface area (Å²) in [5.74, 6) is 1.68. The quantitative estimate of drug-likeness (QED) is 0.802. The highest BCUT2D eigenvalue weighted by atomic mass is 35.5. The van der Waals surface area contributed by atoms with Crippen LogP contribution in [-0.4, -0.2) is 34.9 Å². The Morgan fingerprint density at radius 2 is 1.93 bits per heavy atom. The summed E-state index contributed by atoms with van der Waals surface area (Å²) in [5, 5.41) is 10.5. The second-order valence-corrected chi connectivity index (χ2v) is 7.95. The van der Waals surface area contributed by atoms with Crippen LogP contribution in [-0.2, 0) is 5.54 Å². The Balaban J connectivity index is 1.67. The molecular weight excluding hydrogens is 384 g/mol. The molecule has 0 amide bonds. The molecule has 1 aliphatic carbocycles. The van der Waals surface area contributed by atoms with E-state index in [0.29, 0.717) is 23.9 Å². The maximum Gasteiger partial charge on any atom is 0.198 e. The number of halogens is 1. The van der Waals surface area contributed by atoms with Crippen LogP contribution < -0.4 is 5.73 Å². The van der Waals surface area contributed by atoms with Crippen LogP contribution in [0.5, 0.6) is 0 Å². The van der Waals surface area contributed by atoms with Crippen molar-refractivity contribution in [3.63, 3.8) is 0 Å². The lowest BCUT2D eigenvalue weighted by Crippen LogP contribution is -2.44. The molecule has 0 aromatic heterocycles. The smallest absolute Gasteiger partial charge is 0.198 e. The van der Waals surface area contributed by atoms with E-state index in [1.165, 1.54) is 0 Å². The number of aliphatic hydroxyl groups is 1. The van der Waals surface area contributed by atoms with Gasteiger partial charge in [0.05, 0.1) is 6.54 Å². The van der Waals surface area contributed by atoms with Crippen molar-refractivity contribution in [3.05, 3.63) is 83.1 Å². The normalized spacial score (nSPS) is 25.5. The predicted octanol–water partition coefficient (Wildman–Crippen LogP) is 4.26. The van der Waals surface area contributed by atoms with Gasteiger partial charge in [-0.3, -0.25) is 9.89 Å². The monoisotopic (exact) mass is 404 g/mol. The van der Waals surface area contributed by atoms with Crippen molar-refractivity contribution in [1.29, 1.82) is 0 Å². The van der Waals surface area contributed by atoms with Crippen LogP contribution in [0.15, 0.2) is 82.5 Å². The number of benzene rings is 2. The molecule has 6 heteroatoms. The maximum absolute atomic E-state index is 9.84. The van der Waals surface area contributed by atoms with Gasteiger partial charge < -0.3 is 10.8 Å². The first kappa shape index (κ1) is 18.0. The summed E-state index contributed by atoms with van der Waals surface area (Å²) in [6, 6.07) is 16.2. The van der Waals surface area contributed by atoms with Gasteiger partial charge in [-0.05, 0) is 53.5 Å². The number of nitrogens with zero attached hydrogens (tertiary/aromatic N) is 3. The maximum atomic E-state index is 9.84. The highest BCUT2D eigenvalue weighted by Crippen LogP contribution is 2.46. The average molecular weight is 405 g/mol. The van der Waals surface area contributed by atoms with E-state index >= 15 is 0 Å². The molecule has 0 saturated heterocycles. The van der Waals surface area contributed by atoms with E-state index in [2.05, 4.69) is 18.2 Å². The molecule has 0 fully saturated rings. The molecule has 2 aliphatic heterocycles. The van der Waals surface area contributed by atoms with Crippen molar-refractivity contribution in [1.82, 2.24) is 4.90 Å². The number of hydrogen-bond acceptors (Lipinski definition) is 5. The fourth-order valence-electron chi connectivity index (χ4n) is 4.47. The third-order valence-electron chi connectivity index (χ3n) is 5.83. The molecule has 2 heterocycles. The van der Waals surface area contributed by atoms with E-state index in [1.54, 1.807) is 6.08 Å². The van der Waals surface area contributed by atoms with E-state index in [4.69, 9.17) is 27.3 Å². The molecule has 0 radical (unpaired) electrons. The Hall–Kier alpha value is -3.05. The van der Waals surface area contributed by atoms with Crippen LogP contribution in [0.4, 0.5) is 0 Å². The highest BCUT2D eigenvalue weighted by molar-refractivity contribution is 6.30. The number of rotatable bonds is 3. The predicted molar refractivity (Wildman–Crippen MR) is 117 cm³/mol. The van der Waals surface area contributed by atoms with Gasteiger partial charge in [0.15, 0.2) is 11.5 Å². The molecule has 3 aliphatic rings. The van der Waals surface area contributed by atoms with E-state index in [0.717, 1.165) is 29.1 Å². The molecule has 0 bridgehead atoms. The van der Waals surface area contributed by atoms with Crippen molar-refractivity contribution in [3.8, 4) is 11.1 Å². The summed E-state index contributed by atoms with van der Waals surface area (Å²) >= 11 is 6.21. The van der Waals surface area contributed by atoms with Gasteiger partial charge in [-0.25, -0.2) is 4.99 Å². The lowest BCUT2D eigenvalue weighted by atomic mass is 9.74. The van der Waals surface area contributed by atoms with Gasteiger partial charge in [-0.15, -0.1) is 0 Å². The zero-order valence-corrected chi connectivity index (χ0v) is 16.5. The van der Waals surface area contributed by atoms with E-state index in [1.807, 2.05) is 47.4 Å². The number of guanidine groups is 1. The minimum Gasteiger partial charge on any atom is -0.508 e. The SMILES string of the molecule is NC1=NC(c2cccc(-c3cccc(Cl)c3)c2)(C2C=CC(O)=CC2)C2=NCCN12. The topological polar surface area (TPSA) is 74.2 Å². The molecule has 2 unspecified atom stereocenters. The lowest BCUT2D eigenvalue weighted by molar-refractivity contribution is 0.395. The van der Waals surface area contributed by atoms with Crippen LogP contribution in [0, 0.1) is 5.92 Å². The number of fused-ring (bicyclic) bond motifs is 1. The molecule has 29 heavy (non-hydrogen) atoms. The van der Waals surface area contributed by atoms with Gasteiger partial charge >= 0.3 is 0 Å². The van der Waals surface area contributed by atoms with Gasteiger partial charge in [0.2, 0.25) is 0 Å². The van der Waals surface area contributed by atoms with Gasteiger partial charge in [0.1, 0.15) is 11.6 Å². The van der Waals surface area contributed by atoms with Gasteiger partial charge in [0.25, 0.3) is 0 Å².